The Hall–Kier alpha value is -0.980. The van der Waals surface area contributed by atoms with Gasteiger partial charge in [0.05, 0.1) is 23.3 Å². The Morgan fingerprint density at radius 3 is 2.81 bits per heavy atom. The molecule has 1 aromatic carbocycles. The number of nitrogens with zero attached hydrogens (tertiary/aromatic N) is 1. The Kier molecular flexibility index (Phi) is 4.87. The van der Waals surface area contributed by atoms with Crippen molar-refractivity contribution in [2.45, 2.75) is 25.7 Å². The Bertz CT molecular complexity index is 635. The van der Waals surface area contributed by atoms with Crippen molar-refractivity contribution in [3.63, 3.8) is 0 Å². The Labute approximate surface area is 136 Å². The molecule has 0 spiro atoms. The molecule has 1 saturated heterocycles. The van der Waals surface area contributed by atoms with Crippen LogP contribution in [-0.2, 0) is 4.79 Å². The number of rotatable bonds is 3. The molecule has 1 aromatic heterocycles. The zero-order chi connectivity index (χ0) is 14.7. The highest BCUT2D eigenvalue weighted by Gasteiger charge is 2.17. The van der Waals surface area contributed by atoms with Crippen LogP contribution in [0.1, 0.15) is 25.7 Å². The SMILES string of the molecule is O=C(C[NH+]1CCCCCC1)Nc1nc2ccc(Br)cc2s1. The monoisotopic (exact) mass is 368 g/mol. The molecule has 4 nitrogen and oxygen atoms in total. The van der Waals surface area contributed by atoms with E-state index >= 15 is 0 Å². The maximum absolute atomic E-state index is 12.2. The number of hydrogen-bond donors (Lipinski definition) is 2. The number of carbonyl (C=O) groups excluding carboxylic acids is 1. The smallest absolute Gasteiger partial charge is 0.281 e. The maximum Gasteiger partial charge on any atom is 0.281 e. The summed E-state index contributed by atoms with van der Waals surface area (Å²) in [6.45, 7) is 2.78. The molecular weight excluding hydrogens is 350 g/mol. The van der Waals surface area contributed by atoms with Gasteiger partial charge in [-0.15, -0.1) is 0 Å². The van der Waals surface area contributed by atoms with Gasteiger partial charge < -0.3 is 4.90 Å². The fraction of sp³-hybridized carbons (Fsp3) is 0.467. The Balaban J connectivity index is 1.62. The first-order chi connectivity index (χ1) is 10.2. The Morgan fingerprint density at radius 2 is 2.05 bits per heavy atom. The van der Waals surface area contributed by atoms with Crippen LogP contribution in [0.3, 0.4) is 0 Å². The highest BCUT2D eigenvalue weighted by molar-refractivity contribution is 9.10. The first kappa shape index (κ1) is 14.9. The average Bonchev–Trinajstić information content (AvgIpc) is 2.66. The minimum atomic E-state index is 0.0741. The van der Waals surface area contributed by atoms with Crippen LogP contribution in [0, 0.1) is 0 Å². The lowest BCUT2D eigenvalue weighted by atomic mass is 10.2. The number of aromatic nitrogens is 1. The molecule has 2 heterocycles. The molecule has 6 heteroatoms. The fourth-order valence-corrected chi connectivity index (χ4v) is 4.18. The largest absolute Gasteiger partial charge is 0.327 e. The molecule has 0 atom stereocenters. The van der Waals surface area contributed by atoms with E-state index in [4.69, 9.17) is 0 Å². The highest BCUT2D eigenvalue weighted by atomic mass is 79.9. The van der Waals surface area contributed by atoms with E-state index in [1.54, 1.807) is 0 Å². The van der Waals surface area contributed by atoms with Crippen LogP contribution < -0.4 is 10.2 Å². The standard InChI is InChI=1S/C15H18BrN3OS/c16-11-5-6-12-13(9-11)21-15(17-12)18-14(20)10-19-7-3-1-2-4-8-19/h5-6,9H,1-4,7-8,10H2,(H,17,18,20)/p+1. The molecule has 21 heavy (non-hydrogen) atoms. The van der Waals surface area contributed by atoms with E-state index in [1.165, 1.54) is 41.9 Å². The molecule has 0 unspecified atom stereocenters. The van der Waals surface area contributed by atoms with Crippen LogP contribution in [0.15, 0.2) is 22.7 Å². The second-order valence-corrected chi connectivity index (χ2v) is 7.47. The summed E-state index contributed by atoms with van der Waals surface area (Å²) in [6, 6.07) is 5.96. The average molecular weight is 369 g/mol. The third kappa shape index (κ3) is 4.02. The van der Waals surface area contributed by atoms with Crippen LogP contribution in [-0.4, -0.2) is 30.5 Å². The molecule has 0 bridgehead atoms. The van der Waals surface area contributed by atoms with Gasteiger partial charge in [-0.25, -0.2) is 4.98 Å². The normalized spacial score (nSPS) is 16.8. The summed E-state index contributed by atoms with van der Waals surface area (Å²) in [5.41, 5.74) is 0.931. The molecule has 1 aliphatic heterocycles. The van der Waals surface area contributed by atoms with Crippen molar-refractivity contribution in [1.82, 2.24) is 4.98 Å². The number of halogens is 1. The number of hydrogen-bond acceptors (Lipinski definition) is 3. The lowest BCUT2D eigenvalue weighted by molar-refractivity contribution is -0.890. The van der Waals surface area contributed by atoms with E-state index in [0.29, 0.717) is 11.7 Å². The molecule has 0 aliphatic carbocycles. The van der Waals surface area contributed by atoms with Crippen molar-refractivity contribution in [2.24, 2.45) is 0 Å². The molecule has 3 rings (SSSR count). The van der Waals surface area contributed by atoms with Gasteiger partial charge in [-0.05, 0) is 43.9 Å². The molecule has 2 N–H and O–H groups in total. The van der Waals surface area contributed by atoms with Gasteiger partial charge in [-0.3, -0.25) is 10.1 Å². The topological polar surface area (TPSA) is 46.4 Å². The number of likely N-dealkylation sites (tertiary alicyclic amines) is 1. The van der Waals surface area contributed by atoms with Crippen LogP contribution in [0.4, 0.5) is 5.13 Å². The molecule has 0 radical (unpaired) electrons. The van der Waals surface area contributed by atoms with Gasteiger partial charge in [-0.1, -0.05) is 27.3 Å². The van der Waals surface area contributed by atoms with Crippen molar-refractivity contribution in [1.29, 1.82) is 0 Å². The molecule has 1 amide bonds. The number of carbonyl (C=O) groups is 1. The number of anilines is 1. The van der Waals surface area contributed by atoms with Crippen LogP contribution in [0.5, 0.6) is 0 Å². The second-order valence-electron chi connectivity index (χ2n) is 5.52. The number of benzene rings is 1. The van der Waals surface area contributed by atoms with Gasteiger partial charge in [-0.2, -0.15) is 0 Å². The summed E-state index contributed by atoms with van der Waals surface area (Å²) in [5.74, 6) is 0.0741. The van der Waals surface area contributed by atoms with Crippen molar-refractivity contribution in [2.75, 3.05) is 25.0 Å². The highest BCUT2D eigenvalue weighted by Crippen LogP contribution is 2.28. The van der Waals surface area contributed by atoms with Crippen LogP contribution >= 0.6 is 27.3 Å². The van der Waals surface area contributed by atoms with Gasteiger partial charge in [0.2, 0.25) is 0 Å². The van der Waals surface area contributed by atoms with E-state index in [-0.39, 0.29) is 5.91 Å². The summed E-state index contributed by atoms with van der Waals surface area (Å²) in [5, 5.41) is 3.65. The van der Waals surface area contributed by atoms with Crippen LogP contribution in [0.2, 0.25) is 0 Å². The van der Waals surface area contributed by atoms with E-state index in [9.17, 15) is 4.79 Å². The van der Waals surface area contributed by atoms with Crippen molar-refractivity contribution in [3.05, 3.63) is 22.7 Å². The van der Waals surface area contributed by atoms with Crippen LogP contribution in [0.25, 0.3) is 10.2 Å². The van der Waals surface area contributed by atoms with E-state index in [1.807, 2.05) is 18.2 Å². The first-order valence-electron chi connectivity index (χ1n) is 7.40. The second kappa shape index (κ2) is 6.85. The number of amides is 1. The molecular formula is C15H19BrN3OS+. The minimum absolute atomic E-state index is 0.0741. The van der Waals surface area contributed by atoms with Crippen molar-refractivity contribution >= 4 is 48.5 Å². The number of thiazole rings is 1. The van der Waals surface area contributed by atoms with E-state index in [2.05, 4.69) is 26.2 Å². The lowest BCUT2D eigenvalue weighted by Crippen LogP contribution is -3.12. The third-order valence-corrected chi connectivity index (χ3v) is 5.24. The summed E-state index contributed by atoms with van der Waals surface area (Å²) < 4.78 is 2.12. The predicted octanol–water partition coefficient (Wildman–Crippen LogP) is 2.46. The number of quaternary nitrogens is 1. The van der Waals surface area contributed by atoms with Gasteiger partial charge in [0, 0.05) is 4.47 Å². The molecule has 1 aliphatic rings. The van der Waals surface area contributed by atoms with Gasteiger partial charge in [0.25, 0.3) is 5.91 Å². The Morgan fingerprint density at radius 1 is 1.29 bits per heavy atom. The van der Waals surface area contributed by atoms with Crippen molar-refractivity contribution < 1.29 is 9.69 Å². The van der Waals surface area contributed by atoms with Gasteiger partial charge in [0.1, 0.15) is 0 Å². The third-order valence-electron chi connectivity index (χ3n) is 3.82. The fourth-order valence-electron chi connectivity index (χ4n) is 2.75. The summed E-state index contributed by atoms with van der Waals surface area (Å²) in [6.07, 6.45) is 5.07. The zero-order valence-electron chi connectivity index (χ0n) is 11.8. The van der Waals surface area contributed by atoms with E-state index in [0.717, 1.165) is 27.8 Å². The van der Waals surface area contributed by atoms with Crippen molar-refractivity contribution in [3.8, 4) is 0 Å². The number of nitrogens with one attached hydrogen (secondary N) is 2. The maximum atomic E-state index is 12.2. The molecule has 0 saturated carbocycles. The minimum Gasteiger partial charge on any atom is -0.327 e. The molecule has 2 aromatic rings. The van der Waals surface area contributed by atoms with Gasteiger partial charge >= 0.3 is 0 Å². The number of fused-ring (bicyclic) bond motifs is 1. The lowest BCUT2D eigenvalue weighted by Gasteiger charge is -2.15. The predicted molar refractivity (Wildman–Crippen MR) is 90.0 cm³/mol. The zero-order valence-corrected chi connectivity index (χ0v) is 14.2. The first-order valence-corrected chi connectivity index (χ1v) is 9.01. The van der Waals surface area contributed by atoms with Gasteiger partial charge in [0.15, 0.2) is 11.7 Å². The summed E-state index contributed by atoms with van der Waals surface area (Å²) in [7, 11) is 0. The van der Waals surface area contributed by atoms with E-state index < -0.39 is 0 Å². The summed E-state index contributed by atoms with van der Waals surface area (Å²) >= 11 is 4.98. The quantitative estimate of drug-likeness (QED) is 0.873. The molecule has 112 valence electrons. The summed E-state index contributed by atoms with van der Waals surface area (Å²) in [4.78, 5) is 18.0. The molecule has 1 fully saturated rings.